The Hall–Kier alpha value is -0.300. The van der Waals surface area contributed by atoms with Gasteiger partial charge in [-0.25, -0.2) is 0 Å². The highest BCUT2D eigenvalue weighted by molar-refractivity contribution is 4.99. The van der Waals surface area contributed by atoms with Crippen LogP contribution in [0.1, 0.15) is 39.0 Å². The zero-order valence-electron chi connectivity index (χ0n) is 8.73. The molecule has 1 saturated carbocycles. The Kier molecular flexibility index (Phi) is 2.46. The number of nitrogens with one attached hydrogen (secondary N) is 1. The van der Waals surface area contributed by atoms with E-state index in [2.05, 4.69) is 18.8 Å². The van der Waals surface area contributed by atoms with E-state index in [1.165, 1.54) is 50.8 Å². The summed E-state index contributed by atoms with van der Waals surface area (Å²) in [5, 5.41) is 3.51. The molecule has 1 nitrogen and oxygen atoms in total. The van der Waals surface area contributed by atoms with Crippen molar-refractivity contribution in [1.29, 1.82) is 0 Å². The first-order valence-electron chi connectivity index (χ1n) is 5.55. The predicted octanol–water partition coefficient (Wildman–Crippen LogP) is 2.73. The van der Waals surface area contributed by atoms with Gasteiger partial charge in [-0.15, -0.1) is 6.58 Å². The van der Waals surface area contributed by atoms with Gasteiger partial charge in [0.1, 0.15) is 0 Å². The standard InChI is InChI=1S/C12H21N/c1-10(2)7-11-3-4-12(8-11)5-6-13-9-12/h11,13H,1,3-9H2,2H3. The van der Waals surface area contributed by atoms with E-state index in [0.29, 0.717) is 5.41 Å². The topological polar surface area (TPSA) is 12.0 Å². The van der Waals surface area contributed by atoms with Crippen molar-refractivity contribution in [3.8, 4) is 0 Å². The van der Waals surface area contributed by atoms with E-state index in [0.717, 1.165) is 5.92 Å². The lowest BCUT2D eigenvalue weighted by atomic mass is 9.84. The number of hydrogen-bond donors (Lipinski definition) is 1. The minimum atomic E-state index is 0.695. The number of hydrogen-bond acceptors (Lipinski definition) is 1. The molecule has 13 heavy (non-hydrogen) atoms. The van der Waals surface area contributed by atoms with Gasteiger partial charge >= 0.3 is 0 Å². The Morgan fingerprint density at radius 2 is 2.38 bits per heavy atom. The summed E-state index contributed by atoms with van der Waals surface area (Å²) in [6.45, 7) is 8.71. The lowest BCUT2D eigenvalue weighted by Crippen LogP contribution is -2.20. The molecule has 0 amide bonds. The van der Waals surface area contributed by atoms with Crippen molar-refractivity contribution in [3.63, 3.8) is 0 Å². The smallest absolute Gasteiger partial charge is 0.000839 e. The average Bonchev–Trinajstić information content (AvgIpc) is 2.63. The van der Waals surface area contributed by atoms with Crippen LogP contribution in [0.3, 0.4) is 0 Å². The summed E-state index contributed by atoms with van der Waals surface area (Å²) < 4.78 is 0. The first-order chi connectivity index (χ1) is 6.20. The van der Waals surface area contributed by atoms with Crippen LogP contribution in [0, 0.1) is 11.3 Å². The number of rotatable bonds is 2. The van der Waals surface area contributed by atoms with Crippen LogP contribution in [0.4, 0.5) is 0 Å². The first kappa shape index (κ1) is 9.26. The second-order valence-electron chi connectivity index (χ2n) is 5.20. The third-order valence-corrected chi connectivity index (χ3v) is 3.77. The number of allylic oxidation sites excluding steroid dienone is 1. The normalized spacial score (nSPS) is 38.7. The van der Waals surface area contributed by atoms with Gasteiger partial charge in [0.05, 0.1) is 0 Å². The summed E-state index contributed by atoms with van der Waals surface area (Å²) in [6, 6.07) is 0. The largest absolute Gasteiger partial charge is 0.316 e. The molecule has 1 N–H and O–H groups in total. The second kappa shape index (κ2) is 3.45. The maximum atomic E-state index is 4.02. The van der Waals surface area contributed by atoms with Gasteiger partial charge in [0.25, 0.3) is 0 Å². The summed E-state index contributed by atoms with van der Waals surface area (Å²) in [4.78, 5) is 0. The molecule has 2 unspecified atom stereocenters. The minimum absolute atomic E-state index is 0.695. The molecule has 2 atom stereocenters. The summed E-state index contributed by atoms with van der Waals surface area (Å²) in [5.74, 6) is 0.942. The summed E-state index contributed by atoms with van der Waals surface area (Å²) in [6.07, 6.45) is 7.03. The first-order valence-corrected chi connectivity index (χ1v) is 5.55. The molecule has 2 aliphatic rings. The molecule has 0 aromatic rings. The van der Waals surface area contributed by atoms with Crippen LogP contribution in [0.5, 0.6) is 0 Å². The van der Waals surface area contributed by atoms with E-state index >= 15 is 0 Å². The molecular weight excluding hydrogens is 158 g/mol. The maximum Gasteiger partial charge on any atom is 0.000839 e. The molecule has 0 bridgehead atoms. The molecule has 1 aliphatic carbocycles. The van der Waals surface area contributed by atoms with Gasteiger partial charge in [-0.1, -0.05) is 5.57 Å². The molecule has 0 aromatic heterocycles. The minimum Gasteiger partial charge on any atom is -0.316 e. The molecule has 74 valence electrons. The Morgan fingerprint density at radius 1 is 1.54 bits per heavy atom. The zero-order valence-corrected chi connectivity index (χ0v) is 8.73. The fourth-order valence-electron chi connectivity index (χ4n) is 3.18. The van der Waals surface area contributed by atoms with Gasteiger partial charge < -0.3 is 5.32 Å². The zero-order chi connectivity index (χ0) is 9.31. The maximum absolute atomic E-state index is 4.02. The molecule has 1 heteroatoms. The predicted molar refractivity (Wildman–Crippen MR) is 56.7 cm³/mol. The van der Waals surface area contributed by atoms with Gasteiger partial charge in [-0.2, -0.15) is 0 Å². The van der Waals surface area contributed by atoms with Gasteiger partial charge in [-0.05, 0) is 56.9 Å². The Balaban J connectivity index is 1.89. The summed E-state index contributed by atoms with van der Waals surface area (Å²) in [7, 11) is 0. The third-order valence-electron chi connectivity index (χ3n) is 3.77. The third kappa shape index (κ3) is 1.96. The molecule has 0 aromatic carbocycles. The second-order valence-corrected chi connectivity index (χ2v) is 5.20. The van der Waals surface area contributed by atoms with E-state index in [1.807, 2.05) is 0 Å². The molecular formula is C12H21N. The molecule has 1 saturated heterocycles. The molecule has 1 aliphatic heterocycles. The molecule has 1 spiro atoms. The van der Waals surface area contributed by atoms with Crippen molar-refractivity contribution in [1.82, 2.24) is 5.32 Å². The van der Waals surface area contributed by atoms with Crippen LogP contribution in [0.15, 0.2) is 12.2 Å². The lowest BCUT2D eigenvalue weighted by Gasteiger charge is -2.21. The van der Waals surface area contributed by atoms with Crippen LogP contribution in [-0.2, 0) is 0 Å². The molecule has 0 radical (unpaired) electrons. The van der Waals surface area contributed by atoms with Crippen molar-refractivity contribution < 1.29 is 0 Å². The van der Waals surface area contributed by atoms with E-state index in [1.54, 1.807) is 0 Å². The van der Waals surface area contributed by atoms with Crippen LogP contribution in [0.2, 0.25) is 0 Å². The van der Waals surface area contributed by atoms with E-state index in [9.17, 15) is 0 Å². The fourth-order valence-corrected chi connectivity index (χ4v) is 3.18. The summed E-state index contributed by atoms with van der Waals surface area (Å²) >= 11 is 0. The van der Waals surface area contributed by atoms with Crippen LogP contribution >= 0.6 is 0 Å². The Bertz CT molecular complexity index is 201. The molecule has 1 heterocycles. The van der Waals surface area contributed by atoms with E-state index < -0.39 is 0 Å². The van der Waals surface area contributed by atoms with Gasteiger partial charge in [0.2, 0.25) is 0 Å². The van der Waals surface area contributed by atoms with Crippen molar-refractivity contribution in [2.75, 3.05) is 13.1 Å². The van der Waals surface area contributed by atoms with E-state index in [-0.39, 0.29) is 0 Å². The molecule has 2 fully saturated rings. The lowest BCUT2D eigenvalue weighted by molar-refractivity contribution is 0.319. The van der Waals surface area contributed by atoms with Crippen molar-refractivity contribution in [3.05, 3.63) is 12.2 Å². The van der Waals surface area contributed by atoms with Crippen molar-refractivity contribution >= 4 is 0 Å². The van der Waals surface area contributed by atoms with Crippen molar-refractivity contribution in [2.45, 2.75) is 39.0 Å². The highest BCUT2D eigenvalue weighted by Crippen LogP contribution is 2.47. The SMILES string of the molecule is C=C(C)CC1CCC2(CCNC2)C1. The fraction of sp³-hybridized carbons (Fsp3) is 0.833. The van der Waals surface area contributed by atoms with Crippen LogP contribution < -0.4 is 5.32 Å². The van der Waals surface area contributed by atoms with Crippen LogP contribution in [0.25, 0.3) is 0 Å². The Morgan fingerprint density at radius 3 is 3.00 bits per heavy atom. The monoisotopic (exact) mass is 179 g/mol. The van der Waals surface area contributed by atoms with Gasteiger partial charge in [0, 0.05) is 6.54 Å². The quantitative estimate of drug-likeness (QED) is 0.643. The Labute approximate surface area is 81.6 Å². The summed E-state index contributed by atoms with van der Waals surface area (Å²) in [5.41, 5.74) is 2.06. The highest BCUT2D eigenvalue weighted by atomic mass is 14.9. The average molecular weight is 179 g/mol. The van der Waals surface area contributed by atoms with Gasteiger partial charge in [-0.3, -0.25) is 0 Å². The highest BCUT2D eigenvalue weighted by Gasteiger charge is 2.40. The van der Waals surface area contributed by atoms with Gasteiger partial charge in [0.15, 0.2) is 0 Å². The van der Waals surface area contributed by atoms with Crippen LogP contribution in [-0.4, -0.2) is 13.1 Å². The van der Waals surface area contributed by atoms with Crippen molar-refractivity contribution in [2.24, 2.45) is 11.3 Å². The molecule has 2 rings (SSSR count). The van der Waals surface area contributed by atoms with E-state index in [4.69, 9.17) is 0 Å².